The molecule has 2 heterocycles. The summed E-state index contributed by atoms with van der Waals surface area (Å²) < 4.78 is 0. The number of halogens is 1. The molecule has 4 heteroatoms. The van der Waals surface area contributed by atoms with Crippen LogP contribution in [0.2, 0.25) is 0 Å². The summed E-state index contributed by atoms with van der Waals surface area (Å²) >= 11 is 5.79. The van der Waals surface area contributed by atoms with Crippen LogP contribution in [0.3, 0.4) is 0 Å². The number of allylic oxidation sites excluding steroid dienone is 1. The maximum absolute atomic E-state index is 5.79. The number of pyridine rings is 1. The van der Waals surface area contributed by atoms with E-state index in [1.165, 1.54) is 0 Å². The molecular formula is C9H8ClN3. The summed E-state index contributed by atoms with van der Waals surface area (Å²) in [6.45, 7) is 0. The zero-order valence-corrected chi connectivity index (χ0v) is 7.57. The van der Waals surface area contributed by atoms with Gasteiger partial charge in [0.05, 0.1) is 5.71 Å². The minimum absolute atomic E-state index is 0.375. The van der Waals surface area contributed by atoms with Gasteiger partial charge in [0.15, 0.2) is 5.62 Å². The van der Waals surface area contributed by atoms with Crippen molar-refractivity contribution in [3.63, 3.8) is 0 Å². The first-order valence-electron chi connectivity index (χ1n) is 3.91. The van der Waals surface area contributed by atoms with Crippen molar-refractivity contribution in [1.82, 2.24) is 10.3 Å². The van der Waals surface area contributed by atoms with Crippen LogP contribution < -0.4 is 5.32 Å². The van der Waals surface area contributed by atoms with Crippen molar-refractivity contribution in [2.75, 3.05) is 0 Å². The lowest BCUT2D eigenvalue weighted by molar-refractivity contribution is 0.801. The summed E-state index contributed by atoms with van der Waals surface area (Å²) in [6.07, 6.45) is 7.15. The van der Waals surface area contributed by atoms with E-state index in [1.54, 1.807) is 18.6 Å². The van der Waals surface area contributed by atoms with Crippen LogP contribution in [-0.2, 0) is 0 Å². The van der Waals surface area contributed by atoms with Gasteiger partial charge >= 0.3 is 0 Å². The Bertz CT molecular complexity index is 345. The standard InChI is InChI=1S/C9H8ClN3/c10-9-12-5-3-8(13-9)7-2-1-4-11-6-7/h1-6,9,12H. The van der Waals surface area contributed by atoms with Gasteiger partial charge in [-0.05, 0) is 18.2 Å². The van der Waals surface area contributed by atoms with Crippen LogP contribution in [-0.4, -0.2) is 16.3 Å². The average Bonchev–Trinajstić information content (AvgIpc) is 2.19. The number of nitrogens with zero attached hydrogens (tertiary/aromatic N) is 2. The quantitative estimate of drug-likeness (QED) is 0.542. The lowest BCUT2D eigenvalue weighted by atomic mass is 10.1. The molecule has 0 aromatic carbocycles. The molecule has 1 aliphatic heterocycles. The molecule has 0 fully saturated rings. The maximum Gasteiger partial charge on any atom is 0.195 e. The van der Waals surface area contributed by atoms with Crippen molar-refractivity contribution >= 4 is 17.3 Å². The highest BCUT2D eigenvalue weighted by molar-refractivity contribution is 6.22. The van der Waals surface area contributed by atoms with Crippen molar-refractivity contribution in [2.24, 2.45) is 4.99 Å². The third kappa shape index (κ3) is 1.87. The zero-order valence-electron chi connectivity index (χ0n) is 6.81. The second-order valence-electron chi connectivity index (χ2n) is 2.59. The van der Waals surface area contributed by atoms with Crippen molar-refractivity contribution in [3.8, 4) is 0 Å². The Morgan fingerprint density at radius 2 is 2.38 bits per heavy atom. The summed E-state index contributed by atoms with van der Waals surface area (Å²) in [5, 5.41) is 2.86. The summed E-state index contributed by atoms with van der Waals surface area (Å²) in [6, 6.07) is 3.82. The van der Waals surface area contributed by atoms with E-state index in [-0.39, 0.29) is 5.62 Å². The molecule has 1 N–H and O–H groups in total. The van der Waals surface area contributed by atoms with Gasteiger partial charge < -0.3 is 5.32 Å². The molecule has 3 nitrogen and oxygen atoms in total. The Labute approximate surface area is 81.2 Å². The highest BCUT2D eigenvalue weighted by atomic mass is 35.5. The molecule has 66 valence electrons. The van der Waals surface area contributed by atoms with Crippen LogP contribution in [0.25, 0.3) is 0 Å². The highest BCUT2D eigenvalue weighted by Gasteiger charge is 2.07. The number of hydrogen-bond donors (Lipinski definition) is 1. The lowest BCUT2D eigenvalue weighted by Gasteiger charge is -2.11. The first-order chi connectivity index (χ1) is 6.36. The Kier molecular flexibility index (Phi) is 2.27. The second-order valence-corrected chi connectivity index (χ2v) is 3.01. The number of aliphatic imine (C=N–C) groups is 1. The summed E-state index contributed by atoms with van der Waals surface area (Å²) in [5.41, 5.74) is 1.46. The Morgan fingerprint density at radius 3 is 3.08 bits per heavy atom. The van der Waals surface area contributed by atoms with Crippen molar-refractivity contribution in [1.29, 1.82) is 0 Å². The fraction of sp³-hybridized carbons (Fsp3) is 0.111. The first kappa shape index (κ1) is 8.26. The van der Waals surface area contributed by atoms with E-state index in [2.05, 4.69) is 15.3 Å². The Morgan fingerprint density at radius 1 is 1.46 bits per heavy atom. The molecule has 1 aromatic rings. The van der Waals surface area contributed by atoms with Crippen molar-refractivity contribution < 1.29 is 0 Å². The number of rotatable bonds is 1. The number of hydrogen-bond acceptors (Lipinski definition) is 3. The molecule has 0 bridgehead atoms. The van der Waals surface area contributed by atoms with Gasteiger partial charge in [-0.2, -0.15) is 0 Å². The third-order valence-electron chi connectivity index (χ3n) is 1.68. The summed E-state index contributed by atoms with van der Waals surface area (Å²) in [5.74, 6) is 0. The molecule has 1 aliphatic rings. The average molecular weight is 194 g/mol. The number of aromatic nitrogens is 1. The molecule has 1 unspecified atom stereocenters. The second kappa shape index (κ2) is 3.58. The van der Waals surface area contributed by atoms with E-state index in [1.807, 2.05) is 18.2 Å². The normalized spacial score (nSPS) is 20.7. The molecule has 0 saturated heterocycles. The molecule has 0 aliphatic carbocycles. The van der Waals surface area contributed by atoms with Crippen molar-refractivity contribution in [2.45, 2.75) is 5.62 Å². The van der Waals surface area contributed by atoms with E-state index < -0.39 is 0 Å². The number of alkyl halides is 1. The van der Waals surface area contributed by atoms with Crippen LogP contribution in [0.5, 0.6) is 0 Å². The predicted molar refractivity (Wildman–Crippen MR) is 52.7 cm³/mol. The van der Waals surface area contributed by atoms with E-state index in [0.717, 1.165) is 11.3 Å². The molecule has 2 rings (SSSR count). The maximum atomic E-state index is 5.79. The Balaban J connectivity index is 2.32. The largest absolute Gasteiger partial charge is 0.357 e. The van der Waals surface area contributed by atoms with E-state index in [9.17, 15) is 0 Å². The minimum Gasteiger partial charge on any atom is -0.357 e. The molecule has 0 amide bonds. The highest BCUT2D eigenvalue weighted by Crippen LogP contribution is 2.07. The SMILES string of the molecule is ClC1N=C(c2cccnc2)C=CN1. The summed E-state index contributed by atoms with van der Waals surface area (Å²) in [4.78, 5) is 8.20. The van der Waals surface area contributed by atoms with Crippen LogP contribution in [0.15, 0.2) is 41.8 Å². The first-order valence-corrected chi connectivity index (χ1v) is 4.35. The topological polar surface area (TPSA) is 37.3 Å². The third-order valence-corrected chi connectivity index (χ3v) is 1.91. The molecule has 0 spiro atoms. The van der Waals surface area contributed by atoms with Crippen LogP contribution in [0.4, 0.5) is 0 Å². The van der Waals surface area contributed by atoms with Crippen LogP contribution >= 0.6 is 11.6 Å². The van der Waals surface area contributed by atoms with Gasteiger partial charge in [0, 0.05) is 24.2 Å². The molecule has 1 aromatic heterocycles. The van der Waals surface area contributed by atoms with Gasteiger partial charge in [-0.1, -0.05) is 11.6 Å². The monoisotopic (exact) mass is 193 g/mol. The fourth-order valence-corrected chi connectivity index (χ4v) is 1.27. The van der Waals surface area contributed by atoms with Gasteiger partial charge in [0.25, 0.3) is 0 Å². The Hall–Kier alpha value is -1.35. The molecule has 1 atom stereocenters. The minimum atomic E-state index is -0.375. The molecule has 13 heavy (non-hydrogen) atoms. The number of nitrogens with one attached hydrogen (secondary N) is 1. The molecular weight excluding hydrogens is 186 g/mol. The molecule has 0 radical (unpaired) electrons. The summed E-state index contributed by atoms with van der Waals surface area (Å²) in [7, 11) is 0. The van der Waals surface area contributed by atoms with Gasteiger partial charge in [-0.25, -0.2) is 4.99 Å². The van der Waals surface area contributed by atoms with Gasteiger partial charge in [0.2, 0.25) is 0 Å². The van der Waals surface area contributed by atoms with E-state index in [4.69, 9.17) is 11.6 Å². The van der Waals surface area contributed by atoms with Gasteiger partial charge in [-0.3, -0.25) is 4.98 Å². The predicted octanol–water partition coefficient (Wildman–Crippen LogP) is 1.51. The lowest BCUT2D eigenvalue weighted by Crippen LogP contribution is -2.21. The van der Waals surface area contributed by atoms with Crippen LogP contribution in [0.1, 0.15) is 5.56 Å². The molecule has 0 saturated carbocycles. The fourth-order valence-electron chi connectivity index (χ4n) is 1.09. The van der Waals surface area contributed by atoms with Crippen LogP contribution in [0, 0.1) is 0 Å². The van der Waals surface area contributed by atoms with Crippen molar-refractivity contribution in [3.05, 3.63) is 42.4 Å². The van der Waals surface area contributed by atoms with E-state index in [0.29, 0.717) is 0 Å². The van der Waals surface area contributed by atoms with Gasteiger partial charge in [0.1, 0.15) is 0 Å². The zero-order chi connectivity index (χ0) is 9.10. The van der Waals surface area contributed by atoms with Gasteiger partial charge in [-0.15, -0.1) is 0 Å². The van der Waals surface area contributed by atoms with E-state index >= 15 is 0 Å². The smallest absolute Gasteiger partial charge is 0.195 e.